The summed E-state index contributed by atoms with van der Waals surface area (Å²) in [6, 6.07) is 0. The van der Waals surface area contributed by atoms with E-state index in [1.54, 1.807) is 27.7 Å². The second-order valence-electron chi connectivity index (χ2n) is 3.47. The average Bonchev–Trinajstić information content (AvgIpc) is 2.05. The molecule has 0 aromatic rings. The van der Waals surface area contributed by atoms with Crippen molar-refractivity contribution >= 4 is 7.53 Å². The van der Waals surface area contributed by atoms with Gasteiger partial charge in [0.25, 0.3) is 0 Å². The first kappa shape index (κ1) is 14.2. The van der Waals surface area contributed by atoms with Gasteiger partial charge in [-0.15, -0.1) is 0 Å². The van der Waals surface area contributed by atoms with Crippen LogP contribution in [0.5, 0.6) is 0 Å². The molecular formula is C9H23F2N2P. The van der Waals surface area contributed by atoms with E-state index < -0.39 is 7.53 Å². The molecule has 0 saturated heterocycles. The Labute approximate surface area is 86.5 Å². The van der Waals surface area contributed by atoms with Crippen molar-refractivity contribution in [1.29, 1.82) is 0 Å². The maximum atomic E-state index is 14.4. The van der Waals surface area contributed by atoms with Gasteiger partial charge in [0.2, 0.25) is 0 Å². The predicted molar refractivity (Wildman–Crippen MR) is 60.9 cm³/mol. The van der Waals surface area contributed by atoms with E-state index in [4.69, 9.17) is 0 Å². The molecule has 0 heterocycles. The van der Waals surface area contributed by atoms with Gasteiger partial charge in [-0.3, -0.25) is 0 Å². The van der Waals surface area contributed by atoms with Gasteiger partial charge in [-0.2, -0.15) is 0 Å². The summed E-state index contributed by atoms with van der Waals surface area (Å²) in [6.45, 7) is 9.93. The normalized spacial score (nSPS) is 15.9. The van der Waals surface area contributed by atoms with Crippen LogP contribution in [0.25, 0.3) is 0 Å². The van der Waals surface area contributed by atoms with E-state index >= 15 is 0 Å². The van der Waals surface area contributed by atoms with Crippen LogP contribution in [0.4, 0.5) is 8.39 Å². The summed E-state index contributed by atoms with van der Waals surface area (Å²) in [4.78, 5) is 0. The Bertz CT molecular complexity index is 155. The van der Waals surface area contributed by atoms with Crippen LogP contribution in [0.3, 0.4) is 0 Å². The summed E-state index contributed by atoms with van der Waals surface area (Å²) in [5, 5.41) is 0. The Morgan fingerprint density at radius 3 is 1.14 bits per heavy atom. The minimum atomic E-state index is -4.77. The van der Waals surface area contributed by atoms with Gasteiger partial charge in [0.05, 0.1) is 0 Å². The Balaban J connectivity index is 4.96. The van der Waals surface area contributed by atoms with Crippen LogP contribution < -0.4 is 0 Å². The van der Waals surface area contributed by atoms with Crippen LogP contribution in [0, 0.1) is 0 Å². The molecule has 0 aliphatic carbocycles. The molecule has 0 spiro atoms. The van der Waals surface area contributed by atoms with Crippen molar-refractivity contribution in [3.8, 4) is 0 Å². The van der Waals surface area contributed by atoms with Gasteiger partial charge in [-0.25, -0.2) is 0 Å². The third-order valence-corrected chi connectivity index (χ3v) is 6.33. The number of rotatable bonds is 6. The van der Waals surface area contributed by atoms with Crippen LogP contribution in [0.2, 0.25) is 0 Å². The van der Waals surface area contributed by atoms with Crippen molar-refractivity contribution < 1.29 is 8.39 Å². The molecule has 0 amide bonds. The quantitative estimate of drug-likeness (QED) is 0.642. The van der Waals surface area contributed by atoms with Gasteiger partial charge in [0.1, 0.15) is 0 Å². The van der Waals surface area contributed by atoms with Crippen molar-refractivity contribution in [2.24, 2.45) is 0 Å². The number of halogens is 2. The van der Waals surface area contributed by atoms with Gasteiger partial charge >= 0.3 is 85.8 Å². The maximum absolute atomic E-state index is 14.4. The zero-order valence-electron chi connectivity index (χ0n) is 9.93. The fraction of sp³-hybridized carbons (Fsp3) is 1.00. The zero-order valence-corrected chi connectivity index (χ0v) is 10.8. The topological polar surface area (TPSA) is 6.48 Å². The van der Waals surface area contributed by atoms with E-state index in [1.165, 1.54) is 9.34 Å². The Morgan fingerprint density at radius 1 is 0.786 bits per heavy atom. The monoisotopic (exact) mass is 228 g/mol. The summed E-state index contributed by atoms with van der Waals surface area (Å²) in [7, 11) is -4.77. The third-order valence-electron chi connectivity index (χ3n) is 2.71. The van der Waals surface area contributed by atoms with Gasteiger partial charge in [0.15, 0.2) is 0 Å². The first-order chi connectivity index (χ1) is 6.32. The molecule has 0 aliphatic heterocycles. The van der Waals surface area contributed by atoms with Crippen LogP contribution in [-0.4, -0.2) is 42.2 Å². The van der Waals surface area contributed by atoms with Gasteiger partial charge in [0, 0.05) is 0 Å². The fourth-order valence-electron chi connectivity index (χ4n) is 1.87. The summed E-state index contributed by atoms with van der Waals surface area (Å²) in [5.41, 5.74) is 0. The summed E-state index contributed by atoms with van der Waals surface area (Å²) in [6.07, 6.45) is 0. The number of nitrogens with zero attached hydrogens (tertiary/aromatic N) is 2. The number of hydrogen-bond donors (Lipinski definition) is 0. The first-order valence-electron chi connectivity index (χ1n) is 5.28. The number of hydrogen-bond acceptors (Lipinski definition) is 2. The third kappa shape index (κ3) is 2.62. The molecule has 0 atom stereocenters. The molecular weight excluding hydrogens is 205 g/mol. The molecule has 0 saturated carbocycles. The van der Waals surface area contributed by atoms with Crippen LogP contribution in [0.15, 0.2) is 0 Å². The van der Waals surface area contributed by atoms with Gasteiger partial charge in [-0.05, 0) is 0 Å². The molecule has 5 heteroatoms. The van der Waals surface area contributed by atoms with Gasteiger partial charge < -0.3 is 0 Å². The summed E-state index contributed by atoms with van der Waals surface area (Å²) < 4.78 is 31.5. The summed E-state index contributed by atoms with van der Waals surface area (Å²) in [5.74, 6) is 0. The first-order valence-corrected chi connectivity index (χ1v) is 7.65. The molecule has 0 aromatic carbocycles. The minimum absolute atomic E-state index is 0.411. The van der Waals surface area contributed by atoms with E-state index in [-0.39, 0.29) is 0 Å². The molecule has 0 rings (SSSR count). The standard InChI is InChI=1S/C9H23F2N2P/c1-6-12(7-2)14(5,10,11)13(8-3)9-4/h6-9H2,1-5H3. The molecule has 14 heavy (non-hydrogen) atoms. The zero-order chi connectivity index (χ0) is 11.4. The fourth-order valence-corrected chi connectivity index (χ4v) is 4.72. The second kappa shape index (κ2) is 4.82. The molecule has 0 aromatic heterocycles. The molecule has 2 nitrogen and oxygen atoms in total. The average molecular weight is 228 g/mol. The predicted octanol–water partition coefficient (Wildman–Crippen LogP) is 3.45. The Hall–Kier alpha value is 0.210. The molecule has 0 fully saturated rings. The van der Waals surface area contributed by atoms with E-state index in [0.717, 1.165) is 6.66 Å². The molecule has 88 valence electrons. The summed E-state index contributed by atoms with van der Waals surface area (Å²) >= 11 is 0. The Morgan fingerprint density at radius 2 is 1.00 bits per heavy atom. The van der Waals surface area contributed by atoms with Crippen LogP contribution >= 0.6 is 7.53 Å². The van der Waals surface area contributed by atoms with Crippen molar-refractivity contribution in [2.75, 3.05) is 32.8 Å². The van der Waals surface area contributed by atoms with E-state index in [0.29, 0.717) is 26.2 Å². The molecule has 0 aliphatic rings. The van der Waals surface area contributed by atoms with E-state index in [2.05, 4.69) is 0 Å². The SMILES string of the molecule is CCN(CC)P(C)(F)(F)N(CC)CC. The molecule has 0 N–H and O–H groups in total. The second-order valence-corrected chi connectivity index (χ2v) is 6.99. The van der Waals surface area contributed by atoms with E-state index in [1.807, 2.05) is 0 Å². The molecule has 0 bridgehead atoms. The van der Waals surface area contributed by atoms with Gasteiger partial charge in [-0.1, -0.05) is 0 Å². The van der Waals surface area contributed by atoms with Crippen molar-refractivity contribution in [2.45, 2.75) is 27.7 Å². The van der Waals surface area contributed by atoms with Crippen molar-refractivity contribution in [3.63, 3.8) is 0 Å². The molecule has 0 unspecified atom stereocenters. The van der Waals surface area contributed by atoms with Crippen LogP contribution in [-0.2, 0) is 0 Å². The Kier molecular flexibility index (Phi) is 4.89. The van der Waals surface area contributed by atoms with Crippen LogP contribution in [0.1, 0.15) is 27.7 Å². The van der Waals surface area contributed by atoms with Crippen molar-refractivity contribution in [3.05, 3.63) is 0 Å². The molecule has 0 radical (unpaired) electrons. The van der Waals surface area contributed by atoms with Crippen molar-refractivity contribution in [1.82, 2.24) is 9.34 Å². The van der Waals surface area contributed by atoms with E-state index in [9.17, 15) is 8.39 Å².